The van der Waals surface area contributed by atoms with Crippen molar-refractivity contribution in [3.8, 4) is 0 Å². The molecule has 2 heterocycles. The van der Waals surface area contributed by atoms with Crippen LogP contribution in [0.5, 0.6) is 0 Å². The smallest absolute Gasteiger partial charge is 0.257 e. The number of halogens is 1. The van der Waals surface area contributed by atoms with Crippen LogP contribution in [0.15, 0.2) is 63.9 Å². The van der Waals surface area contributed by atoms with Crippen molar-refractivity contribution in [1.29, 1.82) is 0 Å². The maximum absolute atomic E-state index is 13.8. The number of rotatable bonds is 9. The summed E-state index contributed by atoms with van der Waals surface area (Å²) in [6, 6.07) is 17.1. The van der Waals surface area contributed by atoms with Crippen molar-refractivity contribution < 1.29 is 4.79 Å². The Bertz CT molecular complexity index is 1210. The van der Waals surface area contributed by atoms with E-state index in [1.54, 1.807) is 0 Å². The van der Waals surface area contributed by atoms with E-state index in [1.807, 2.05) is 64.1 Å². The minimum Gasteiger partial charge on any atom is -0.330 e. The molecule has 0 radical (unpaired) electrons. The molecule has 35 heavy (non-hydrogen) atoms. The van der Waals surface area contributed by atoms with E-state index < -0.39 is 0 Å². The van der Waals surface area contributed by atoms with Crippen LogP contribution in [0.2, 0.25) is 0 Å². The molecule has 0 saturated carbocycles. The molecule has 0 saturated heterocycles. The van der Waals surface area contributed by atoms with E-state index >= 15 is 0 Å². The van der Waals surface area contributed by atoms with Crippen LogP contribution in [0.25, 0.3) is 0 Å². The molecule has 1 atom stereocenters. The van der Waals surface area contributed by atoms with Crippen LogP contribution in [-0.2, 0) is 19.4 Å². The molecule has 7 heteroatoms. The fourth-order valence-electron chi connectivity index (χ4n) is 4.85. The van der Waals surface area contributed by atoms with Gasteiger partial charge in [0.2, 0.25) is 0 Å². The molecule has 0 spiro atoms. The number of aryl methyl sites for hydroxylation is 1. The van der Waals surface area contributed by atoms with Gasteiger partial charge in [-0.25, -0.2) is 4.98 Å². The van der Waals surface area contributed by atoms with Crippen LogP contribution < -0.4 is 11.3 Å². The molecule has 4 rings (SSSR count). The number of nitrogens with two attached hydrogens (primary N) is 1. The molecular formula is C28H33BrN4O2. The van der Waals surface area contributed by atoms with E-state index in [0.29, 0.717) is 50.0 Å². The van der Waals surface area contributed by atoms with Crippen LogP contribution in [0.1, 0.15) is 71.7 Å². The second kappa shape index (κ2) is 11.8. The lowest BCUT2D eigenvalue weighted by Gasteiger charge is -2.33. The molecule has 0 bridgehead atoms. The zero-order valence-electron chi connectivity index (χ0n) is 20.3. The summed E-state index contributed by atoms with van der Waals surface area (Å²) in [6.07, 6.45) is 4.63. The molecule has 0 aliphatic carbocycles. The standard InChI is InChI=1S/C28H33BrN4O2/c1-2-24(32(18-8-16-30)27(34)21-12-14-22(29)15-13-21)26-23(19-20-9-4-3-5-10-20)28(35)33-17-7-6-11-25(33)31-26/h3-5,9-10,12-15,24H,2,6-8,11,16-19,30H2,1H3. The van der Waals surface area contributed by atoms with E-state index in [1.165, 1.54) is 0 Å². The Morgan fingerprint density at radius 3 is 2.57 bits per heavy atom. The number of amides is 1. The van der Waals surface area contributed by atoms with Gasteiger partial charge in [0.05, 0.1) is 11.7 Å². The predicted molar refractivity (Wildman–Crippen MR) is 143 cm³/mol. The highest BCUT2D eigenvalue weighted by Gasteiger charge is 2.30. The molecule has 0 fully saturated rings. The average molecular weight is 538 g/mol. The van der Waals surface area contributed by atoms with Gasteiger partial charge in [-0.05, 0) is 62.1 Å². The van der Waals surface area contributed by atoms with E-state index in [0.717, 1.165) is 40.8 Å². The third kappa shape index (κ3) is 5.73. The third-order valence-corrected chi connectivity index (χ3v) is 7.19. The molecule has 1 unspecified atom stereocenters. The Morgan fingerprint density at radius 2 is 1.89 bits per heavy atom. The Balaban J connectivity index is 1.82. The summed E-state index contributed by atoms with van der Waals surface area (Å²) in [5.41, 5.74) is 8.98. The molecule has 6 nitrogen and oxygen atoms in total. The SMILES string of the molecule is CCC(c1nc2n(c(=O)c1Cc1ccccc1)CCCC2)N(CCCN)C(=O)c1ccc(Br)cc1. The van der Waals surface area contributed by atoms with Gasteiger partial charge in [0.15, 0.2) is 0 Å². The van der Waals surface area contributed by atoms with Gasteiger partial charge in [-0.2, -0.15) is 0 Å². The Morgan fingerprint density at radius 1 is 1.14 bits per heavy atom. The predicted octanol–water partition coefficient (Wildman–Crippen LogP) is 4.88. The molecule has 1 aliphatic heterocycles. The Hall–Kier alpha value is -2.77. The number of carbonyl (C=O) groups excluding carboxylic acids is 1. The molecule has 2 N–H and O–H groups in total. The van der Waals surface area contributed by atoms with Gasteiger partial charge in [-0.1, -0.05) is 53.2 Å². The summed E-state index contributed by atoms with van der Waals surface area (Å²) in [4.78, 5) is 34.5. The van der Waals surface area contributed by atoms with E-state index in [2.05, 4.69) is 22.9 Å². The molecule has 1 aliphatic rings. The highest BCUT2D eigenvalue weighted by Crippen LogP contribution is 2.29. The van der Waals surface area contributed by atoms with Crippen LogP contribution in [0, 0.1) is 0 Å². The number of aromatic nitrogens is 2. The molecular weight excluding hydrogens is 504 g/mol. The maximum atomic E-state index is 13.8. The summed E-state index contributed by atoms with van der Waals surface area (Å²) in [6.45, 7) is 3.75. The van der Waals surface area contributed by atoms with Gasteiger partial charge >= 0.3 is 0 Å². The second-order valence-electron chi connectivity index (χ2n) is 9.04. The quantitative estimate of drug-likeness (QED) is 0.422. The molecule has 1 aromatic heterocycles. The van der Waals surface area contributed by atoms with Crippen LogP contribution >= 0.6 is 15.9 Å². The van der Waals surface area contributed by atoms with Crippen molar-refractivity contribution >= 4 is 21.8 Å². The van der Waals surface area contributed by atoms with E-state index in [-0.39, 0.29) is 17.5 Å². The number of carbonyl (C=O) groups is 1. The largest absolute Gasteiger partial charge is 0.330 e. The molecule has 1 amide bonds. The van der Waals surface area contributed by atoms with Crippen molar-refractivity contribution in [2.75, 3.05) is 13.1 Å². The van der Waals surface area contributed by atoms with Crippen molar-refractivity contribution in [2.45, 2.75) is 58.0 Å². The first-order valence-electron chi connectivity index (χ1n) is 12.5. The maximum Gasteiger partial charge on any atom is 0.257 e. The summed E-state index contributed by atoms with van der Waals surface area (Å²) in [5, 5.41) is 0. The zero-order valence-corrected chi connectivity index (χ0v) is 21.8. The van der Waals surface area contributed by atoms with E-state index in [9.17, 15) is 9.59 Å². The Labute approximate surface area is 215 Å². The molecule has 3 aromatic rings. The summed E-state index contributed by atoms with van der Waals surface area (Å²) < 4.78 is 2.77. The lowest BCUT2D eigenvalue weighted by Crippen LogP contribution is -2.40. The van der Waals surface area contributed by atoms with Crippen molar-refractivity contribution in [2.24, 2.45) is 5.73 Å². The van der Waals surface area contributed by atoms with Gasteiger partial charge in [0, 0.05) is 41.5 Å². The number of hydrogen-bond donors (Lipinski definition) is 1. The molecule has 2 aromatic carbocycles. The van der Waals surface area contributed by atoms with Crippen LogP contribution in [-0.4, -0.2) is 33.4 Å². The minimum atomic E-state index is -0.308. The minimum absolute atomic E-state index is 0.0295. The van der Waals surface area contributed by atoms with Crippen LogP contribution in [0.4, 0.5) is 0 Å². The van der Waals surface area contributed by atoms with Gasteiger partial charge in [-0.15, -0.1) is 0 Å². The fourth-order valence-corrected chi connectivity index (χ4v) is 5.12. The van der Waals surface area contributed by atoms with Gasteiger partial charge < -0.3 is 10.6 Å². The summed E-state index contributed by atoms with van der Waals surface area (Å²) in [7, 11) is 0. The van der Waals surface area contributed by atoms with E-state index in [4.69, 9.17) is 10.7 Å². The first-order chi connectivity index (χ1) is 17.0. The Kier molecular flexibility index (Phi) is 8.52. The highest BCUT2D eigenvalue weighted by atomic mass is 79.9. The lowest BCUT2D eigenvalue weighted by atomic mass is 9.96. The zero-order chi connectivity index (χ0) is 24.8. The number of fused-ring (bicyclic) bond motifs is 1. The first kappa shape index (κ1) is 25.3. The van der Waals surface area contributed by atoms with Crippen molar-refractivity contribution in [3.05, 3.63) is 97.6 Å². The third-order valence-electron chi connectivity index (χ3n) is 6.66. The normalized spacial score (nSPS) is 13.8. The highest BCUT2D eigenvalue weighted by molar-refractivity contribution is 9.10. The van der Waals surface area contributed by atoms with Gasteiger partial charge in [-0.3, -0.25) is 14.2 Å². The second-order valence-corrected chi connectivity index (χ2v) is 9.96. The van der Waals surface area contributed by atoms with Crippen molar-refractivity contribution in [1.82, 2.24) is 14.5 Å². The number of nitrogens with zero attached hydrogens (tertiary/aromatic N) is 3. The number of hydrogen-bond acceptors (Lipinski definition) is 4. The van der Waals surface area contributed by atoms with Gasteiger partial charge in [0.25, 0.3) is 11.5 Å². The summed E-state index contributed by atoms with van der Waals surface area (Å²) in [5.74, 6) is 0.768. The summed E-state index contributed by atoms with van der Waals surface area (Å²) >= 11 is 3.45. The fraction of sp³-hybridized carbons (Fsp3) is 0.393. The number of benzene rings is 2. The monoisotopic (exact) mass is 536 g/mol. The lowest BCUT2D eigenvalue weighted by molar-refractivity contribution is 0.0663. The van der Waals surface area contributed by atoms with Gasteiger partial charge in [0.1, 0.15) is 5.82 Å². The average Bonchev–Trinajstić information content (AvgIpc) is 2.89. The molecule has 184 valence electrons. The van der Waals surface area contributed by atoms with Crippen LogP contribution in [0.3, 0.4) is 0 Å². The topological polar surface area (TPSA) is 81.2 Å². The van der Waals surface area contributed by atoms with Crippen molar-refractivity contribution in [3.63, 3.8) is 0 Å². The first-order valence-corrected chi connectivity index (χ1v) is 13.3.